The molecule has 14 heavy (non-hydrogen) atoms. The molecule has 0 aromatic carbocycles. The fourth-order valence-corrected chi connectivity index (χ4v) is 1.66. The normalized spacial score (nSPS) is 18.6. The molecule has 4 heteroatoms. The highest BCUT2D eigenvalue weighted by atomic mass is 16.5. The molecule has 82 valence electrons. The Morgan fingerprint density at radius 2 is 1.93 bits per heavy atom. The first-order chi connectivity index (χ1) is 6.77. The quantitative estimate of drug-likeness (QED) is 0.649. The Balaban J connectivity index is 2.20. The molecule has 0 aromatic heterocycles. The summed E-state index contributed by atoms with van der Waals surface area (Å²) in [7, 11) is 1.72. The van der Waals surface area contributed by atoms with Crippen molar-refractivity contribution in [3.63, 3.8) is 0 Å². The van der Waals surface area contributed by atoms with Crippen molar-refractivity contribution in [1.82, 2.24) is 9.80 Å². The van der Waals surface area contributed by atoms with Crippen LogP contribution in [-0.2, 0) is 9.53 Å². The van der Waals surface area contributed by atoms with E-state index in [1.807, 2.05) is 11.8 Å². The summed E-state index contributed by atoms with van der Waals surface area (Å²) in [6.45, 7) is 7.38. The second-order valence-electron chi connectivity index (χ2n) is 3.57. The average Bonchev–Trinajstić information content (AvgIpc) is 2.26. The number of piperazine rings is 1. The van der Waals surface area contributed by atoms with E-state index in [0.29, 0.717) is 6.42 Å². The molecule has 0 aromatic rings. The van der Waals surface area contributed by atoms with E-state index in [9.17, 15) is 4.79 Å². The summed E-state index contributed by atoms with van der Waals surface area (Å²) in [5.74, 6) is 0.274. The van der Waals surface area contributed by atoms with Crippen molar-refractivity contribution in [2.45, 2.75) is 13.3 Å². The monoisotopic (exact) mass is 200 g/mol. The molecule has 1 aliphatic rings. The molecule has 0 spiro atoms. The van der Waals surface area contributed by atoms with Crippen molar-refractivity contribution in [2.24, 2.45) is 0 Å². The summed E-state index contributed by atoms with van der Waals surface area (Å²) in [5.41, 5.74) is 0. The predicted molar refractivity (Wildman–Crippen MR) is 55.2 cm³/mol. The lowest BCUT2D eigenvalue weighted by Gasteiger charge is -2.34. The van der Waals surface area contributed by atoms with Crippen molar-refractivity contribution < 1.29 is 9.53 Å². The maximum atomic E-state index is 11.4. The SMILES string of the molecule is CCC(=O)N1CCN(CCOC)CC1. The highest BCUT2D eigenvalue weighted by molar-refractivity contribution is 5.75. The molecule has 1 rings (SSSR count). The second kappa shape index (κ2) is 5.98. The van der Waals surface area contributed by atoms with Crippen LogP contribution < -0.4 is 0 Å². The number of hydrogen-bond acceptors (Lipinski definition) is 3. The molecule has 0 bridgehead atoms. The van der Waals surface area contributed by atoms with Gasteiger partial charge in [-0.05, 0) is 0 Å². The highest BCUT2D eigenvalue weighted by Gasteiger charge is 2.18. The Kier molecular flexibility index (Phi) is 4.90. The lowest BCUT2D eigenvalue weighted by Crippen LogP contribution is -2.49. The van der Waals surface area contributed by atoms with Crippen molar-refractivity contribution >= 4 is 5.91 Å². The molecule has 1 fully saturated rings. The molecule has 4 nitrogen and oxygen atoms in total. The highest BCUT2D eigenvalue weighted by Crippen LogP contribution is 2.02. The van der Waals surface area contributed by atoms with Crippen molar-refractivity contribution in [3.05, 3.63) is 0 Å². The smallest absolute Gasteiger partial charge is 0.222 e. The minimum absolute atomic E-state index is 0.274. The van der Waals surface area contributed by atoms with Gasteiger partial charge in [-0.3, -0.25) is 9.69 Å². The number of ether oxygens (including phenoxy) is 1. The molecular formula is C10H20N2O2. The maximum Gasteiger partial charge on any atom is 0.222 e. The van der Waals surface area contributed by atoms with Crippen molar-refractivity contribution in [1.29, 1.82) is 0 Å². The molecule has 1 heterocycles. The van der Waals surface area contributed by atoms with E-state index < -0.39 is 0 Å². The van der Waals surface area contributed by atoms with Crippen molar-refractivity contribution in [3.8, 4) is 0 Å². The molecule has 0 unspecified atom stereocenters. The molecule has 0 aliphatic carbocycles. The molecule has 0 radical (unpaired) electrons. The van der Waals surface area contributed by atoms with Crippen LogP contribution in [0.3, 0.4) is 0 Å². The first kappa shape index (κ1) is 11.5. The topological polar surface area (TPSA) is 32.8 Å². The molecular weight excluding hydrogens is 180 g/mol. The Labute approximate surface area is 85.8 Å². The Morgan fingerprint density at radius 3 is 2.43 bits per heavy atom. The lowest BCUT2D eigenvalue weighted by atomic mass is 10.3. The summed E-state index contributed by atoms with van der Waals surface area (Å²) in [6.07, 6.45) is 0.623. The van der Waals surface area contributed by atoms with Gasteiger partial charge < -0.3 is 9.64 Å². The van der Waals surface area contributed by atoms with Gasteiger partial charge in [-0.2, -0.15) is 0 Å². The number of carbonyl (C=O) groups is 1. The van der Waals surface area contributed by atoms with Gasteiger partial charge in [0.05, 0.1) is 6.61 Å². The van der Waals surface area contributed by atoms with Crippen LogP contribution in [0.25, 0.3) is 0 Å². The van der Waals surface area contributed by atoms with Gasteiger partial charge in [-0.15, -0.1) is 0 Å². The Morgan fingerprint density at radius 1 is 1.29 bits per heavy atom. The van der Waals surface area contributed by atoms with Gasteiger partial charge in [0, 0.05) is 46.3 Å². The third kappa shape index (κ3) is 3.27. The van der Waals surface area contributed by atoms with Gasteiger partial charge in [-0.25, -0.2) is 0 Å². The number of nitrogens with zero attached hydrogens (tertiary/aromatic N) is 2. The minimum atomic E-state index is 0.274. The minimum Gasteiger partial charge on any atom is -0.383 e. The van der Waals surface area contributed by atoms with Crippen molar-refractivity contribution in [2.75, 3.05) is 46.4 Å². The van der Waals surface area contributed by atoms with Gasteiger partial charge in [0.1, 0.15) is 0 Å². The number of amides is 1. The molecule has 0 atom stereocenters. The lowest BCUT2D eigenvalue weighted by molar-refractivity contribution is -0.132. The number of carbonyl (C=O) groups excluding carboxylic acids is 1. The van der Waals surface area contributed by atoms with E-state index in [2.05, 4.69) is 4.90 Å². The number of hydrogen-bond donors (Lipinski definition) is 0. The van der Waals surface area contributed by atoms with Gasteiger partial charge in [-0.1, -0.05) is 6.92 Å². The van der Waals surface area contributed by atoms with Crippen LogP contribution in [-0.4, -0.2) is 62.1 Å². The first-order valence-corrected chi connectivity index (χ1v) is 5.27. The Bertz CT molecular complexity index is 177. The second-order valence-corrected chi connectivity index (χ2v) is 3.57. The van der Waals surface area contributed by atoms with Gasteiger partial charge in [0.15, 0.2) is 0 Å². The summed E-state index contributed by atoms with van der Waals surface area (Å²) in [6, 6.07) is 0. The van der Waals surface area contributed by atoms with Crippen LogP contribution in [0.5, 0.6) is 0 Å². The van der Waals surface area contributed by atoms with Gasteiger partial charge in [0.2, 0.25) is 5.91 Å². The maximum absolute atomic E-state index is 11.4. The van der Waals surface area contributed by atoms with Gasteiger partial charge in [0.25, 0.3) is 0 Å². The summed E-state index contributed by atoms with van der Waals surface area (Å²) in [5, 5.41) is 0. The third-order valence-corrected chi connectivity index (χ3v) is 2.64. The van der Waals surface area contributed by atoms with E-state index in [1.165, 1.54) is 0 Å². The van der Waals surface area contributed by atoms with Crippen LogP contribution >= 0.6 is 0 Å². The van der Waals surface area contributed by atoms with Gasteiger partial charge >= 0.3 is 0 Å². The Hall–Kier alpha value is -0.610. The van der Waals surface area contributed by atoms with E-state index in [1.54, 1.807) is 7.11 Å². The fraction of sp³-hybridized carbons (Fsp3) is 0.900. The van der Waals surface area contributed by atoms with Crippen LogP contribution in [0.1, 0.15) is 13.3 Å². The predicted octanol–water partition coefficient (Wildman–Crippen LogP) is 0.187. The van der Waals surface area contributed by atoms with Crippen LogP contribution in [0.15, 0.2) is 0 Å². The van der Waals surface area contributed by atoms with Crippen LogP contribution in [0, 0.1) is 0 Å². The molecule has 1 amide bonds. The summed E-state index contributed by atoms with van der Waals surface area (Å²) >= 11 is 0. The standard InChI is InChI=1S/C10H20N2O2/c1-3-10(13)12-6-4-11(5-7-12)8-9-14-2/h3-9H2,1-2H3. The molecule has 0 saturated carbocycles. The number of methoxy groups -OCH3 is 1. The van der Waals surface area contributed by atoms with E-state index in [0.717, 1.165) is 39.3 Å². The number of rotatable bonds is 4. The molecule has 1 saturated heterocycles. The average molecular weight is 200 g/mol. The molecule has 1 aliphatic heterocycles. The summed E-state index contributed by atoms with van der Waals surface area (Å²) < 4.78 is 5.02. The largest absolute Gasteiger partial charge is 0.383 e. The summed E-state index contributed by atoms with van der Waals surface area (Å²) in [4.78, 5) is 15.7. The third-order valence-electron chi connectivity index (χ3n) is 2.64. The first-order valence-electron chi connectivity index (χ1n) is 5.27. The van der Waals surface area contributed by atoms with E-state index in [4.69, 9.17) is 4.74 Å². The van der Waals surface area contributed by atoms with E-state index >= 15 is 0 Å². The van der Waals surface area contributed by atoms with Crippen LogP contribution in [0.4, 0.5) is 0 Å². The molecule has 0 N–H and O–H groups in total. The zero-order valence-corrected chi connectivity index (χ0v) is 9.16. The zero-order valence-electron chi connectivity index (χ0n) is 9.16. The van der Waals surface area contributed by atoms with E-state index in [-0.39, 0.29) is 5.91 Å². The fourth-order valence-electron chi connectivity index (χ4n) is 1.66. The van der Waals surface area contributed by atoms with Crippen LogP contribution in [0.2, 0.25) is 0 Å². The zero-order chi connectivity index (χ0) is 10.4.